The summed E-state index contributed by atoms with van der Waals surface area (Å²) in [7, 11) is 0. The second-order valence-electron chi connectivity index (χ2n) is 13.4. The van der Waals surface area contributed by atoms with E-state index in [1.165, 1.54) is 12.1 Å². The number of aliphatic hydroxyl groups is 1. The summed E-state index contributed by atoms with van der Waals surface area (Å²) in [5, 5.41) is 30.1. The first-order chi connectivity index (χ1) is 21.9. The average Bonchev–Trinajstić information content (AvgIpc) is 3.60. The van der Waals surface area contributed by atoms with Crippen LogP contribution in [0.15, 0.2) is 48.6 Å². The van der Waals surface area contributed by atoms with Crippen molar-refractivity contribution >= 4 is 23.2 Å². The third kappa shape index (κ3) is 7.90. The molecule has 0 aromatic heterocycles. The van der Waals surface area contributed by atoms with E-state index in [2.05, 4.69) is 10.2 Å². The summed E-state index contributed by atoms with van der Waals surface area (Å²) in [5.41, 5.74) is 0.995. The number of ether oxygens (including phenoxy) is 1. The molecule has 3 fully saturated rings. The highest BCUT2D eigenvalue weighted by atomic mass is 19.1. The number of nitrogens with one attached hydrogen (secondary N) is 3. The van der Waals surface area contributed by atoms with Crippen molar-refractivity contribution in [1.29, 1.82) is 10.8 Å². The summed E-state index contributed by atoms with van der Waals surface area (Å²) in [5.74, 6) is -0.385. The molecule has 0 spiro atoms. The summed E-state index contributed by atoms with van der Waals surface area (Å²) < 4.78 is 21.7. The van der Waals surface area contributed by atoms with Crippen molar-refractivity contribution in [2.75, 3.05) is 19.6 Å². The minimum Gasteiger partial charge on any atom is -0.457 e. The van der Waals surface area contributed by atoms with E-state index in [4.69, 9.17) is 15.6 Å². The molecule has 3 aliphatic rings. The lowest BCUT2D eigenvalue weighted by Crippen LogP contribution is -2.53. The quantitative estimate of drug-likeness (QED) is 0.232. The molecule has 46 heavy (non-hydrogen) atoms. The van der Waals surface area contributed by atoms with Gasteiger partial charge in [0.1, 0.15) is 17.3 Å². The van der Waals surface area contributed by atoms with Crippen LogP contribution in [0.25, 0.3) is 0 Å². The third-order valence-electron chi connectivity index (χ3n) is 9.56. The van der Waals surface area contributed by atoms with Gasteiger partial charge in [-0.2, -0.15) is 0 Å². The second kappa shape index (κ2) is 14.3. The van der Waals surface area contributed by atoms with Crippen molar-refractivity contribution in [1.82, 2.24) is 15.1 Å². The molecule has 246 valence electrons. The third-order valence-corrected chi connectivity index (χ3v) is 9.56. The maximum absolute atomic E-state index is 15.5. The Hall–Kier alpha value is -3.89. The van der Waals surface area contributed by atoms with Gasteiger partial charge in [-0.05, 0) is 105 Å². The SMILES string of the molecule is CC(C)C(=N)/C=C\C(=N)c1ccc(Oc2cc(C(=O)NC3CCN(C4CCCC4(C)O)CC3)c(F)cc2CN2CCCC2=O)cc1. The number of benzene rings is 2. The van der Waals surface area contributed by atoms with E-state index < -0.39 is 17.3 Å². The molecular formula is C36H46FN5O4. The molecular weight excluding hydrogens is 585 g/mol. The van der Waals surface area contributed by atoms with Gasteiger partial charge in [-0.3, -0.25) is 14.5 Å². The number of rotatable bonds is 11. The molecule has 1 saturated carbocycles. The van der Waals surface area contributed by atoms with Gasteiger partial charge in [0.2, 0.25) is 5.91 Å². The van der Waals surface area contributed by atoms with Gasteiger partial charge in [-0.25, -0.2) is 4.39 Å². The first-order valence-corrected chi connectivity index (χ1v) is 16.4. The van der Waals surface area contributed by atoms with E-state index in [-0.39, 0.29) is 47.5 Å². The molecule has 2 amide bonds. The second-order valence-corrected chi connectivity index (χ2v) is 13.4. The highest BCUT2D eigenvalue weighted by Gasteiger charge is 2.41. The number of nitrogens with zero attached hydrogens (tertiary/aromatic N) is 2. The topological polar surface area (TPSA) is 130 Å². The number of allylic oxidation sites excluding steroid dienone is 2. The van der Waals surface area contributed by atoms with Crippen LogP contribution in [0.2, 0.25) is 0 Å². The fraction of sp³-hybridized carbons (Fsp3) is 0.500. The van der Waals surface area contributed by atoms with Crippen molar-refractivity contribution in [3.8, 4) is 11.5 Å². The fourth-order valence-electron chi connectivity index (χ4n) is 6.68. The Labute approximate surface area is 270 Å². The molecule has 0 bridgehead atoms. The van der Waals surface area contributed by atoms with Crippen LogP contribution in [0.3, 0.4) is 0 Å². The zero-order valence-electron chi connectivity index (χ0n) is 27.1. The van der Waals surface area contributed by atoms with Gasteiger partial charge in [-0.15, -0.1) is 0 Å². The molecule has 2 aromatic carbocycles. The summed E-state index contributed by atoms with van der Waals surface area (Å²) >= 11 is 0. The summed E-state index contributed by atoms with van der Waals surface area (Å²) in [6.45, 7) is 8.02. The number of carbonyl (C=O) groups is 2. The van der Waals surface area contributed by atoms with E-state index in [0.717, 1.165) is 38.8 Å². The molecule has 2 unspecified atom stereocenters. The number of piperidine rings is 1. The van der Waals surface area contributed by atoms with Crippen molar-refractivity contribution in [2.24, 2.45) is 5.92 Å². The number of amides is 2. The van der Waals surface area contributed by atoms with E-state index >= 15 is 4.39 Å². The molecule has 4 N–H and O–H groups in total. The molecule has 2 aromatic rings. The molecule has 2 aliphatic heterocycles. The highest BCUT2D eigenvalue weighted by molar-refractivity contribution is 6.10. The van der Waals surface area contributed by atoms with Gasteiger partial charge in [0.05, 0.1) is 16.9 Å². The molecule has 5 rings (SSSR count). The van der Waals surface area contributed by atoms with Crippen LogP contribution in [0.5, 0.6) is 11.5 Å². The zero-order valence-corrected chi connectivity index (χ0v) is 27.1. The fourth-order valence-corrected chi connectivity index (χ4v) is 6.68. The van der Waals surface area contributed by atoms with Gasteiger partial charge < -0.3 is 30.9 Å². The van der Waals surface area contributed by atoms with Crippen LogP contribution < -0.4 is 10.1 Å². The maximum atomic E-state index is 15.5. The molecule has 2 heterocycles. The highest BCUT2D eigenvalue weighted by Crippen LogP contribution is 2.35. The van der Waals surface area contributed by atoms with Crippen LogP contribution in [-0.2, 0) is 11.3 Å². The molecule has 1 aliphatic carbocycles. The van der Waals surface area contributed by atoms with Gasteiger partial charge in [0.15, 0.2) is 0 Å². The van der Waals surface area contributed by atoms with Gasteiger partial charge in [0.25, 0.3) is 5.91 Å². The predicted molar refractivity (Wildman–Crippen MR) is 176 cm³/mol. The number of carbonyl (C=O) groups excluding carboxylic acids is 2. The monoisotopic (exact) mass is 631 g/mol. The van der Waals surface area contributed by atoms with E-state index in [0.29, 0.717) is 48.4 Å². The van der Waals surface area contributed by atoms with E-state index in [1.807, 2.05) is 20.8 Å². The smallest absolute Gasteiger partial charge is 0.254 e. The first kappa shape index (κ1) is 33.5. The Morgan fingerprint density at radius 1 is 1.11 bits per heavy atom. The minimum absolute atomic E-state index is 0.0000971. The lowest BCUT2D eigenvalue weighted by molar-refractivity contribution is -0.128. The molecule has 9 nitrogen and oxygen atoms in total. The number of hydrogen-bond acceptors (Lipinski definition) is 7. The average molecular weight is 632 g/mol. The Morgan fingerprint density at radius 2 is 1.83 bits per heavy atom. The standard InChI is InChI=1S/C36H46FN5O4/c1-23(2)30(38)12-13-31(39)24-8-10-27(11-9-24)46-32-21-28(29(37)20-25(32)22-42-17-5-7-34(42)43)35(44)40-26-14-18-41(19-15-26)33-6-4-16-36(33,3)45/h8-13,20-21,23,26,33,38-39,45H,4-7,14-19,22H2,1-3H3,(H,40,44)/b13-12-,38-30?,39-31?. The molecule has 2 saturated heterocycles. The van der Waals surface area contributed by atoms with E-state index in [1.54, 1.807) is 41.3 Å². The van der Waals surface area contributed by atoms with Crippen LogP contribution >= 0.6 is 0 Å². The van der Waals surface area contributed by atoms with Crippen molar-refractivity contribution in [2.45, 2.75) is 89.9 Å². The number of hydrogen-bond donors (Lipinski definition) is 4. The van der Waals surface area contributed by atoms with Gasteiger partial charge in [0, 0.05) is 56.0 Å². The van der Waals surface area contributed by atoms with Crippen molar-refractivity contribution in [3.63, 3.8) is 0 Å². The zero-order chi connectivity index (χ0) is 33.0. The summed E-state index contributed by atoms with van der Waals surface area (Å²) in [4.78, 5) is 29.8. The Balaban J connectivity index is 1.30. The Bertz CT molecular complexity index is 1490. The molecule has 0 radical (unpaired) electrons. The minimum atomic E-state index is -0.686. The Kier molecular flexibility index (Phi) is 10.4. The largest absolute Gasteiger partial charge is 0.457 e. The van der Waals surface area contributed by atoms with Gasteiger partial charge >= 0.3 is 0 Å². The van der Waals surface area contributed by atoms with Crippen LogP contribution in [0.1, 0.15) is 87.2 Å². The normalized spacial score (nSPS) is 22.6. The molecule has 2 atom stereocenters. The summed E-state index contributed by atoms with van der Waals surface area (Å²) in [6.07, 6.45) is 8.63. The lowest BCUT2D eigenvalue weighted by atomic mass is 9.95. The predicted octanol–water partition coefficient (Wildman–Crippen LogP) is 5.84. The van der Waals surface area contributed by atoms with Crippen molar-refractivity contribution < 1.29 is 23.8 Å². The van der Waals surface area contributed by atoms with Crippen LogP contribution in [0, 0.1) is 22.6 Å². The lowest BCUT2D eigenvalue weighted by Gasteiger charge is -2.41. The van der Waals surface area contributed by atoms with Gasteiger partial charge in [-0.1, -0.05) is 13.8 Å². The first-order valence-electron chi connectivity index (χ1n) is 16.4. The Morgan fingerprint density at radius 3 is 2.43 bits per heavy atom. The number of halogens is 1. The molecule has 10 heteroatoms. The van der Waals surface area contributed by atoms with Crippen LogP contribution in [-0.4, -0.2) is 75.5 Å². The van der Waals surface area contributed by atoms with E-state index in [9.17, 15) is 14.7 Å². The maximum Gasteiger partial charge on any atom is 0.254 e. The van der Waals surface area contributed by atoms with Crippen LogP contribution in [0.4, 0.5) is 4.39 Å². The summed E-state index contributed by atoms with van der Waals surface area (Å²) in [6, 6.07) is 9.61. The van der Waals surface area contributed by atoms with Crippen molar-refractivity contribution in [3.05, 3.63) is 71.1 Å². The number of likely N-dealkylation sites (tertiary alicyclic amines) is 2.